The standard InChI is InChI=1S/C19H25N3O3S.ClH/c1-14-8-10-16(11-9-14)22(4)26(24,25)17-7-5-6-15(12-17)18(23)21-13-19(2,3)20;/h5-12H,13,20H2,1-4H3,(H,21,23);1H. The molecule has 2 aromatic carbocycles. The molecule has 1 amide bonds. The molecule has 0 aliphatic heterocycles. The van der Waals surface area contributed by atoms with E-state index in [2.05, 4.69) is 5.32 Å². The molecule has 0 radical (unpaired) electrons. The average molecular weight is 412 g/mol. The number of nitrogens with zero attached hydrogens (tertiary/aromatic N) is 1. The number of nitrogens with one attached hydrogen (secondary N) is 1. The first kappa shape index (κ1) is 23.0. The fourth-order valence-electron chi connectivity index (χ4n) is 2.26. The Morgan fingerprint density at radius 2 is 1.74 bits per heavy atom. The predicted molar refractivity (Wildman–Crippen MR) is 111 cm³/mol. The molecule has 0 unspecified atom stereocenters. The molecule has 0 aromatic heterocycles. The summed E-state index contributed by atoms with van der Waals surface area (Å²) in [6.45, 7) is 5.81. The van der Waals surface area contributed by atoms with Crippen LogP contribution in [0.25, 0.3) is 0 Å². The number of hydrogen-bond acceptors (Lipinski definition) is 4. The second-order valence-electron chi connectivity index (χ2n) is 7.01. The van der Waals surface area contributed by atoms with Crippen LogP contribution in [0.3, 0.4) is 0 Å². The van der Waals surface area contributed by atoms with Crippen LogP contribution in [-0.2, 0) is 10.0 Å². The van der Waals surface area contributed by atoms with Crippen LogP contribution in [0.15, 0.2) is 53.4 Å². The van der Waals surface area contributed by atoms with Crippen molar-refractivity contribution in [2.75, 3.05) is 17.9 Å². The molecule has 0 heterocycles. The first-order valence-electron chi connectivity index (χ1n) is 8.23. The van der Waals surface area contributed by atoms with E-state index in [0.29, 0.717) is 5.69 Å². The quantitative estimate of drug-likeness (QED) is 0.764. The van der Waals surface area contributed by atoms with Crippen molar-refractivity contribution >= 4 is 34.0 Å². The Morgan fingerprint density at radius 3 is 2.30 bits per heavy atom. The van der Waals surface area contributed by atoms with Crippen LogP contribution in [0.1, 0.15) is 29.8 Å². The smallest absolute Gasteiger partial charge is 0.264 e. The minimum atomic E-state index is -3.78. The molecule has 0 aliphatic rings. The van der Waals surface area contributed by atoms with Crippen molar-refractivity contribution in [1.82, 2.24) is 5.32 Å². The van der Waals surface area contributed by atoms with Crippen LogP contribution in [-0.4, -0.2) is 33.5 Å². The number of sulfonamides is 1. The van der Waals surface area contributed by atoms with Crippen LogP contribution >= 0.6 is 12.4 Å². The molecule has 0 fully saturated rings. The van der Waals surface area contributed by atoms with Gasteiger partial charge in [0.2, 0.25) is 0 Å². The Labute approximate surface area is 167 Å². The van der Waals surface area contributed by atoms with Gasteiger partial charge in [-0.1, -0.05) is 23.8 Å². The minimum Gasteiger partial charge on any atom is -0.350 e. The van der Waals surface area contributed by atoms with Gasteiger partial charge in [0.25, 0.3) is 15.9 Å². The molecule has 2 aromatic rings. The van der Waals surface area contributed by atoms with Crippen molar-refractivity contribution in [3.05, 3.63) is 59.7 Å². The van der Waals surface area contributed by atoms with Gasteiger partial charge in [0.15, 0.2) is 0 Å². The lowest BCUT2D eigenvalue weighted by Crippen LogP contribution is -2.45. The molecule has 8 heteroatoms. The van der Waals surface area contributed by atoms with Crippen molar-refractivity contribution < 1.29 is 13.2 Å². The Hall–Kier alpha value is -2.09. The third kappa shape index (κ3) is 5.95. The first-order chi connectivity index (χ1) is 12.0. The lowest BCUT2D eigenvalue weighted by Gasteiger charge is -2.21. The fourth-order valence-corrected chi connectivity index (χ4v) is 3.50. The van der Waals surface area contributed by atoms with Crippen LogP contribution < -0.4 is 15.4 Å². The topological polar surface area (TPSA) is 92.5 Å². The highest BCUT2D eigenvalue weighted by Crippen LogP contribution is 2.23. The van der Waals surface area contributed by atoms with E-state index in [9.17, 15) is 13.2 Å². The summed E-state index contributed by atoms with van der Waals surface area (Å²) >= 11 is 0. The molecule has 0 saturated carbocycles. The Balaban J connectivity index is 0.00000364. The van der Waals surface area contributed by atoms with E-state index in [4.69, 9.17) is 5.73 Å². The highest BCUT2D eigenvalue weighted by atomic mass is 35.5. The van der Waals surface area contributed by atoms with Crippen LogP contribution in [0.5, 0.6) is 0 Å². The molecule has 0 spiro atoms. The molecular formula is C19H26ClN3O3S. The minimum absolute atomic E-state index is 0. The fraction of sp³-hybridized carbons (Fsp3) is 0.316. The van der Waals surface area contributed by atoms with Gasteiger partial charge in [-0.2, -0.15) is 0 Å². The van der Waals surface area contributed by atoms with Gasteiger partial charge in [0.1, 0.15) is 0 Å². The van der Waals surface area contributed by atoms with Crippen molar-refractivity contribution in [3.63, 3.8) is 0 Å². The number of carbonyl (C=O) groups is 1. The maximum absolute atomic E-state index is 12.9. The number of hydrogen-bond donors (Lipinski definition) is 2. The van der Waals surface area contributed by atoms with E-state index < -0.39 is 15.6 Å². The predicted octanol–water partition coefficient (Wildman–Crippen LogP) is 2.71. The number of carbonyl (C=O) groups excluding carboxylic acids is 1. The molecule has 0 saturated heterocycles. The van der Waals surface area contributed by atoms with Crippen LogP contribution in [0.2, 0.25) is 0 Å². The molecule has 148 valence electrons. The largest absolute Gasteiger partial charge is 0.350 e. The Bertz CT molecular complexity index is 891. The van der Waals surface area contributed by atoms with Crippen LogP contribution in [0, 0.1) is 6.92 Å². The molecule has 0 bridgehead atoms. The SMILES string of the molecule is Cc1ccc(N(C)S(=O)(=O)c2cccc(C(=O)NCC(C)(C)N)c2)cc1.Cl. The monoisotopic (exact) mass is 411 g/mol. The zero-order chi connectivity index (χ0) is 19.5. The number of rotatable bonds is 6. The summed E-state index contributed by atoms with van der Waals surface area (Å²) in [5, 5.41) is 2.71. The van der Waals surface area contributed by atoms with Gasteiger partial charge in [-0.05, 0) is 51.1 Å². The summed E-state index contributed by atoms with van der Waals surface area (Å²) in [6.07, 6.45) is 0. The van der Waals surface area contributed by atoms with Crippen molar-refractivity contribution in [1.29, 1.82) is 0 Å². The second kappa shape index (κ2) is 8.73. The van der Waals surface area contributed by atoms with E-state index in [-0.39, 0.29) is 35.3 Å². The van der Waals surface area contributed by atoms with Crippen LogP contribution in [0.4, 0.5) is 5.69 Å². The number of aryl methyl sites for hydroxylation is 1. The molecule has 0 aliphatic carbocycles. The molecule has 3 N–H and O–H groups in total. The summed E-state index contributed by atoms with van der Waals surface area (Å²) in [6, 6.07) is 13.2. The van der Waals surface area contributed by atoms with Crippen molar-refractivity contribution in [3.8, 4) is 0 Å². The van der Waals surface area contributed by atoms with Gasteiger partial charge in [0, 0.05) is 24.7 Å². The second-order valence-corrected chi connectivity index (χ2v) is 8.98. The summed E-state index contributed by atoms with van der Waals surface area (Å²) in [5.74, 6) is -0.362. The molecule has 6 nitrogen and oxygen atoms in total. The van der Waals surface area contributed by atoms with E-state index in [1.165, 1.54) is 23.5 Å². The maximum Gasteiger partial charge on any atom is 0.264 e. The lowest BCUT2D eigenvalue weighted by atomic mass is 10.1. The highest BCUT2D eigenvalue weighted by Gasteiger charge is 2.22. The number of amides is 1. The number of nitrogens with two attached hydrogens (primary N) is 1. The van der Waals surface area contributed by atoms with Crippen molar-refractivity contribution in [2.24, 2.45) is 5.73 Å². The van der Waals surface area contributed by atoms with Gasteiger partial charge in [-0.15, -0.1) is 12.4 Å². The third-order valence-corrected chi connectivity index (χ3v) is 5.64. The van der Waals surface area contributed by atoms with E-state index in [0.717, 1.165) is 5.56 Å². The first-order valence-corrected chi connectivity index (χ1v) is 9.67. The average Bonchev–Trinajstić information content (AvgIpc) is 2.59. The normalized spacial score (nSPS) is 11.4. The Morgan fingerprint density at radius 1 is 1.15 bits per heavy atom. The molecule has 0 atom stereocenters. The number of benzene rings is 2. The third-order valence-electron chi connectivity index (χ3n) is 3.86. The zero-order valence-electron chi connectivity index (χ0n) is 15.9. The molecular weight excluding hydrogens is 386 g/mol. The van der Waals surface area contributed by atoms with E-state index in [1.54, 1.807) is 38.1 Å². The summed E-state index contributed by atoms with van der Waals surface area (Å²) in [7, 11) is -2.29. The molecule has 2 rings (SSSR count). The van der Waals surface area contributed by atoms with Gasteiger partial charge in [0.05, 0.1) is 10.6 Å². The van der Waals surface area contributed by atoms with Gasteiger partial charge in [-0.25, -0.2) is 8.42 Å². The van der Waals surface area contributed by atoms with Gasteiger partial charge in [-0.3, -0.25) is 9.10 Å². The van der Waals surface area contributed by atoms with Gasteiger partial charge >= 0.3 is 0 Å². The number of anilines is 1. The summed E-state index contributed by atoms with van der Waals surface area (Å²) in [5.41, 5.74) is 7.17. The number of halogens is 1. The zero-order valence-corrected chi connectivity index (χ0v) is 17.5. The lowest BCUT2D eigenvalue weighted by molar-refractivity contribution is 0.0946. The molecule has 27 heavy (non-hydrogen) atoms. The van der Waals surface area contributed by atoms with Gasteiger partial charge < -0.3 is 11.1 Å². The van der Waals surface area contributed by atoms with E-state index >= 15 is 0 Å². The summed E-state index contributed by atoms with van der Waals surface area (Å²) in [4.78, 5) is 12.3. The summed E-state index contributed by atoms with van der Waals surface area (Å²) < 4.78 is 27.0. The maximum atomic E-state index is 12.9. The highest BCUT2D eigenvalue weighted by molar-refractivity contribution is 7.92. The van der Waals surface area contributed by atoms with E-state index in [1.807, 2.05) is 19.1 Å². The Kier molecular flexibility index (Phi) is 7.42. The van der Waals surface area contributed by atoms with Crippen molar-refractivity contribution in [2.45, 2.75) is 31.2 Å².